The number of rotatable bonds is 10. The fourth-order valence-electron chi connectivity index (χ4n) is 5.86. The molecule has 0 bridgehead atoms. The number of aliphatic hydroxyl groups is 1. The van der Waals surface area contributed by atoms with Crippen LogP contribution in [-0.4, -0.2) is 20.9 Å². The number of aliphatic hydroxyl groups excluding tert-OH is 1. The van der Waals surface area contributed by atoms with Crippen molar-refractivity contribution < 1.29 is 30.0 Å². The van der Waals surface area contributed by atoms with Crippen molar-refractivity contribution in [2.24, 2.45) is 11.8 Å². The number of carbonyl (C=O) groups is 1. The normalized spacial score (nSPS) is 11.6. The molecule has 0 atom stereocenters. The largest absolute Gasteiger partial charge is 0.512 e. The Hall–Kier alpha value is -3.92. The molecule has 0 saturated heterocycles. The summed E-state index contributed by atoms with van der Waals surface area (Å²) in [5.74, 6) is 1.25. The molecule has 5 aromatic rings. The molecule has 5 heteroatoms. The van der Waals surface area contributed by atoms with Gasteiger partial charge in [-0.15, -0.1) is 29.1 Å². The second-order valence-corrected chi connectivity index (χ2v) is 13.1. The summed E-state index contributed by atoms with van der Waals surface area (Å²) in [4.78, 5) is 21.2. The van der Waals surface area contributed by atoms with E-state index < -0.39 is 0 Å². The molecule has 1 aromatic heterocycles. The van der Waals surface area contributed by atoms with E-state index in [1.54, 1.807) is 0 Å². The number of ketones is 1. The summed E-state index contributed by atoms with van der Waals surface area (Å²) >= 11 is 0. The van der Waals surface area contributed by atoms with Crippen molar-refractivity contribution in [1.82, 2.24) is 9.97 Å². The molecule has 0 unspecified atom stereocenters. The molecule has 1 N–H and O–H groups in total. The maximum atomic E-state index is 11.7. The summed E-state index contributed by atoms with van der Waals surface area (Å²) in [6.07, 6.45) is 6.74. The van der Waals surface area contributed by atoms with Crippen LogP contribution in [0.5, 0.6) is 0 Å². The van der Waals surface area contributed by atoms with Crippen LogP contribution in [0.25, 0.3) is 44.5 Å². The molecule has 5 rings (SSSR count). The SMILES string of the molecule is CC(C)(C)c1cc(-c2nccc(-c3ccc(-c4ccccc4)cc3)n2)[c-]c2ccccc12.CCC(CC)C(=O)/C=C(\O)C(CC)CC.[Ir]. The van der Waals surface area contributed by atoms with Gasteiger partial charge in [0.15, 0.2) is 5.78 Å². The van der Waals surface area contributed by atoms with Crippen LogP contribution < -0.4 is 0 Å². The van der Waals surface area contributed by atoms with Gasteiger partial charge in [-0.3, -0.25) is 14.8 Å². The minimum Gasteiger partial charge on any atom is -0.512 e. The van der Waals surface area contributed by atoms with Gasteiger partial charge in [0.2, 0.25) is 0 Å². The van der Waals surface area contributed by atoms with E-state index in [0.717, 1.165) is 47.9 Å². The van der Waals surface area contributed by atoms with Gasteiger partial charge in [-0.25, -0.2) is 0 Å². The van der Waals surface area contributed by atoms with Gasteiger partial charge in [0.1, 0.15) is 0 Å². The molecule has 0 aliphatic carbocycles. The molecule has 253 valence electrons. The molecular weight excluding hydrogens is 769 g/mol. The average molecular weight is 818 g/mol. The zero-order valence-corrected chi connectivity index (χ0v) is 31.8. The van der Waals surface area contributed by atoms with Crippen LogP contribution in [0, 0.1) is 17.9 Å². The Labute approximate surface area is 301 Å². The monoisotopic (exact) mass is 818 g/mol. The van der Waals surface area contributed by atoms with Crippen LogP contribution >= 0.6 is 0 Å². The van der Waals surface area contributed by atoms with Crippen LogP contribution in [0.15, 0.2) is 109 Å². The van der Waals surface area contributed by atoms with Crippen LogP contribution in [0.1, 0.15) is 79.7 Å². The van der Waals surface area contributed by atoms with Crippen molar-refractivity contribution in [3.63, 3.8) is 0 Å². The maximum absolute atomic E-state index is 11.7. The van der Waals surface area contributed by atoms with E-state index in [9.17, 15) is 9.90 Å². The third-order valence-corrected chi connectivity index (χ3v) is 8.85. The van der Waals surface area contributed by atoms with E-state index in [1.165, 1.54) is 28.2 Å². The Bertz CT molecular complexity index is 1780. The van der Waals surface area contributed by atoms with Crippen molar-refractivity contribution in [2.45, 2.75) is 79.6 Å². The summed E-state index contributed by atoms with van der Waals surface area (Å²) in [7, 11) is 0. The van der Waals surface area contributed by atoms with Gasteiger partial charge in [-0.1, -0.05) is 132 Å². The number of aromatic nitrogens is 2. The minimum absolute atomic E-state index is 0. The van der Waals surface area contributed by atoms with Gasteiger partial charge >= 0.3 is 0 Å². The molecule has 0 saturated carbocycles. The number of allylic oxidation sites excluding steroid dienone is 2. The van der Waals surface area contributed by atoms with Crippen molar-refractivity contribution in [3.8, 4) is 33.8 Å². The number of carbonyl (C=O) groups excluding carboxylic acids is 1. The molecule has 0 aliphatic heterocycles. The van der Waals surface area contributed by atoms with Crippen LogP contribution in [0.2, 0.25) is 0 Å². The molecule has 4 nitrogen and oxygen atoms in total. The Balaban J connectivity index is 0.000000334. The van der Waals surface area contributed by atoms with Gasteiger partial charge in [-0.2, -0.15) is 0 Å². The first-order valence-electron chi connectivity index (χ1n) is 17.0. The predicted octanol–water partition coefficient (Wildman–Crippen LogP) is 11.6. The fourth-order valence-corrected chi connectivity index (χ4v) is 5.86. The molecule has 4 aromatic carbocycles. The Morgan fingerprint density at radius 2 is 1.33 bits per heavy atom. The molecule has 48 heavy (non-hydrogen) atoms. The van der Waals surface area contributed by atoms with Gasteiger partial charge in [-0.05, 0) is 53.9 Å². The van der Waals surface area contributed by atoms with Crippen molar-refractivity contribution in [3.05, 3.63) is 121 Å². The molecule has 1 heterocycles. The van der Waals surface area contributed by atoms with Crippen molar-refractivity contribution in [1.29, 1.82) is 0 Å². The summed E-state index contributed by atoms with van der Waals surface area (Å²) < 4.78 is 0. The number of hydrogen-bond donors (Lipinski definition) is 1. The molecule has 0 amide bonds. The number of benzene rings is 4. The van der Waals surface area contributed by atoms with Gasteiger partial charge < -0.3 is 5.11 Å². The first kappa shape index (κ1) is 38.5. The molecular formula is C43H49IrN2O2-. The Morgan fingerprint density at radius 1 is 0.771 bits per heavy atom. The van der Waals surface area contributed by atoms with Crippen molar-refractivity contribution in [2.75, 3.05) is 0 Å². The zero-order valence-electron chi connectivity index (χ0n) is 29.4. The summed E-state index contributed by atoms with van der Waals surface area (Å²) in [6.45, 7) is 14.8. The minimum atomic E-state index is 0. The molecule has 0 fully saturated rings. The van der Waals surface area contributed by atoms with E-state index in [0.29, 0.717) is 5.82 Å². The van der Waals surface area contributed by atoms with Crippen LogP contribution in [0.4, 0.5) is 0 Å². The van der Waals surface area contributed by atoms with Gasteiger partial charge in [0.25, 0.3) is 0 Å². The van der Waals surface area contributed by atoms with E-state index in [1.807, 2.05) is 46.0 Å². The third-order valence-electron chi connectivity index (χ3n) is 8.85. The number of fused-ring (bicyclic) bond motifs is 1. The van der Waals surface area contributed by atoms with Crippen molar-refractivity contribution >= 4 is 16.6 Å². The van der Waals surface area contributed by atoms with Gasteiger partial charge in [0.05, 0.1) is 17.3 Å². The number of hydrogen-bond acceptors (Lipinski definition) is 4. The predicted molar refractivity (Wildman–Crippen MR) is 197 cm³/mol. The summed E-state index contributed by atoms with van der Waals surface area (Å²) in [5.41, 5.74) is 6.61. The van der Waals surface area contributed by atoms with Gasteiger partial charge in [0, 0.05) is 44.2 Å². The second-order valence-electron chi connectivity index (χ2n) is 13.1. The first-order chi connectivity index (χ1) is 22.6. The number of nitrogens with zero attached hydrogens (tertiary/aromatic N) is 2. The Kier molecular flexibility index (Phi) is 14.5. The molecule has 0 aliphatic rings. The maximum Gasteiger partial charge on any atom is 0.162 e. The van der Waals surface area contributed by atoms with Crippen LogP contribution in [0.3, 0.4) is 0 Å². The average Bonchev–Trinajstić information content (AvgIpc) is 3.09. The first-order valence-corrected chi connectivity index (χ1v) is 17.0. The topological polar surface area (TPSA) is 63.1 Å². The van der Waals surface area contributed by atoms with Crippen LogP contribution in [-0.2, 0) is 30.3 Å². The second kappa shape index (κ2) is 18.0. The molecule has 0 spiro atoms. The van der Waals surface area contributed by atoms with E-state index >= 15 is 0 Å². The van der Waals surface area contributed by atoms with E-state index in [4.69, 9.17) is 4.98 Å². The quantitative estimate of drug-likeness (QED) is 0.0866. The standard InChI is InChI=1S/C30H25N2.C13H24O2.Ir/c1-30(2,3)27-20-25(19-24-11-7-8-12-26(24)27)29-31-18-17-28(32-29)23-15-13-22(14-16-23)21-9-5-4-6-10-21;1-5-10(6-2)12(14)9-13(15)11(7-3)8-4;/h4-18,20H,1-3H3;9-11,14H,5-8H2,1-4H3;/q-1;;/b;12-9-;. The van der Waals surface area contributed by atoms with E-state index in [-0.39, 0.29) is 48.9 Å². The summed E-state index contributed by atoms with van der Waals surface area (Å²) in [5, 5.41) is 12.1. The molecule has 1 radical (unpaired) electrons. The summed E-state index contributed by atoms with van der Waals surface area (Å²) in [6, 6.07) is 35.1. The fraction of sp³-hybridized carbons (Fsp3) is 0.326. The van der Waals surface area contributed by atoms with E-state index in [2.05, 4.69) is 111 Å². The zero-order chi connectivity index (χ0) is 34.0. The Morgan fingerprint density at radius 3 is 1.94 bits per heavy atom. The smallest absolute Gasteiger partial charge is 0.162 e. The third kappa shape index (κ3) is 9.81.